The number of benzene rings is 3. The van der Waals surface area contributed by atoms with Crippen LogP contribution in [0, 0.1) is 10.1 Å². The Labute approximate surface area is 204 Å². The van der Waals surface area contributed by atoms with E-state index in [0.717, 1.165) is 6.07 Å². The summed E-state index contributed by atoms with van der Waals surface area (Å²) in [6, 6.07) is 16.1. The molecule has 0 aromatic heterocycles. The minimum Gasteiger partial charge on any atom is -0.508 e. The van der Waals surface area contributed by atoms with E-state index in [1.165, 1.54) is 60.5 Å². The summed E-state index contributed by atoms with van der Waals surface area (Å²) in [5, 5.41) is 32.3. The van der Waals surface area contributed by atoms with E-state index in [0.29, 0.717) is 16.7 Å². The van der Waals surface area contributed by atoms with E-state index >= 15 is 0 Å². The number of esters is 1. The molecule has 1 fully saturated rings. The molecular formula is C26H20N2O8. The largest absolute Gasteiger partial charge is 0.508 e. The predicted octanol–water partition coefficient (Wildman–Crippen LogP) is 3.71. The van der Waals surface area contributed by atoms with Crippen LogP contribution in [-0.4, -0.2) is 44.8 Å². The lowest BCUT2D eigenvalue weighted by Gasteiger charge is -2.25. The van der Waals surface area contributed by atoms with E-state index in [1.54, 1.807) is 18.2 Å². The maximum absolute atomic E-state index is 13.1. The Morgan fingerprint density at radius 2 is 1.72 bits per heavy atom. The molecule has 2 N–H and O–H groups in total. The molecule has 182 valence electrons. The zero-order chi connectivity index (χ0) is 26.0. The fourth-order valence-corrected chi connectivity index (χ4v) is 4.07. The Kier molecular flexibility index (Phi) is 6.51. The Morgan fingerprint density at radius 3 is 2.36 bits per heavy atom. The quantitative estimate of drug-likeness (QED) is 0.133. The third-order valence-electron chi connectivity index (χ3n) is 5.78. The third-order valence-corrected chi connectivity index (χ3v) is 5.78. The number of non-ortho nitro benzene ring substituents is 1. The summed E-state index contributed by atoms with van der Waals surface area (Å²) >= 11 is 0. The number of phenols is 1. The predicted molar refractivity (Wildman–Crippen MR) is 127 cm³/mol. The van der Waals surface area contributed by atoms with Crippen LogP contribution in [0.3, 0.4) is 0 Å². The lowest BCUT2D eigenvalue weighted by Crippen LogP contribution is -2.29. The van der Waals surface area contributed by atoms with Gasteiger partial charge in [-0.1, -0.05) is 36.4 Å². The summed E-state index contributed by atoms with van der Waals surface area (Å²) in [6.07, 6.45) is 0. The van der Waals surface area contributed by atoms with Crippen LogP contribution in [0.2, 0.25) is 0 Å². The highest BCUT2D eigenvalue weighted by Crippen LogP contribution is 2.41. The van der Waals surface area contributed by atoms with Crippen LogP contribution in [0.5, 0.6) is 5.75 Å². The van der Waals surface area contributed by atoms with E-state index in [2.05, 4.69) is 4.74 Å². The number of aliphatic hydroxyl groups is 1. The molecule has 0 aliphatic carbocycles. The maximum atomic E-state index is 13.1. The number of likely N-dealkylation sites (tertiary alicyclic amines) is 1. The number of hydrogen-bond acceptors (Lipinski definition) is 8. The number of nitro benzene ring substituents is 1. The van der Waals surface area contributed by atoms with Crippen LogP contribution in [-0.2, 0) is 20.9 Å². The number of rotatable bonds is 6. The maximum Gasteiger partial charge on any atom is 0.337 e. The zero-order valence-electron chi connectivity index (χ0n) is 19.0. The Bertz CT molecular complexity index is 1410. The van der Waals surface area contributed by atoms with Gasteiger partial charge in [0.25, 0.3) is 17.4 Å². The second-order valence-corrected chi connectivity index (χ2v) is 8.02. The van der Waals surface area contributed by atoms with Crippen molar-refractivity contribution in [1.82, 2.24) is 4.90 Å². The number of nitro groups is 1. The smallest absolute Gasteiger partial charge is 0.337 e. The van der Waals surface area contributed by atoms with Gasteiger partial charge in [-0.3, -0.25) is 19.7 Å². The molecule has 1 unspecified atom stereocenters. The number of methoxy groups -OCH3 is 1. The third kappa shape index (κ3) is 4.51. The van der Waals surface area contributed by atoms with Crippen LogP contribution in [0.4, 0.5) is 5.69 Å². The highest BCUT2D eigenvalue weighted by atomic mass is 16.6. The molecule has 1 aliphatic heterocycles. The number of amides is 1. The number of aliphatic hydroxyl groups excluding tert-OH is 1. The van der Waals surface area contributed by atoms with Gasteiger partial charge in [-0.2, -0.15) is 0 Å². The summed E-state index contributed by atoms with van der Waals surface area (Å²) in [6.45, 7) is -0.0575. The van der Waals surface area contributed by atoms with Gasteiger partial charge < -0.3 is 19.8 Å². The molecule has 4 rings (SSSR count). The number of ether oxygens (including phenoxy) is 1. The van der Waals surface area contributed by atoms with Crippen molar-refractivity contribution >= 4 is 29.1 Å². The van der Waals surface area contributed by atoms with E-state index in [4.69, 9.17) is 0 Å². The first-order chi connectivity index (χ1) is 17.2. The molecule has 0 radical (unpaired) electrons. The van der Waals surface area contributed by atoms with E-state index in [1.807, 2.05) is 0 Å². The van der Waals surface area contributed by atoms with Gasteiger partial charge in [0.15, 0.2) is 0 Å². The number of carbonyl (C=O) groups excluding carboxylic acids is 3. The molecule has 10 heteroatoms. The molecule has 1 saturated heterocycles. The van der Waals surface area contributed by atoms with Crippen molar-refractivity contribution in [2.45, 2.75) is 12.6 Å². The lowest BCUT2D eigenvalue weighted by molar-refractivity contribution is -0.384. The highest BCUT2D eigenvalue weighted by Gasteiger charge is 2.46. The van der Waals surface area contributed by atoms with Gasteiger partial charge in [0.1, 0.15) is 11.5 Å². The van der Waals surface area contributed by atoms with Crippen LogP contribution in [0.25, 0.3) is 5.76 Å². The summed E-state index contributed by atoms with van der Waals surface area (Å²) < 4.78 is 4.68. The molecule has 10 nitrogen and oxygen atoms in total. The van der Waals surface area contributed by atoms with Gasteiger partial charge in [0.2, 0.25) is 0 Å². The van der Waals surface area contributed by atoms with Gasteiger partial charge in [0.05, 0.1) is 29.2 Å². The first kappa shape index (κ1) is 24.1. The van der Waals surface area contributed by atoms with Gasteiger partial charge in [-0.15, -0.1) is 0 Å². The molecule has 1 amide bonds. The van der Waals surface area contributed by atoms with Crippen molar-refractivity contribution < 1.29 is 34.3 Å². The second kappa shape index (κ2) is 9.71. The molecule has 0 saturated carbocycles. The normalized spacial score (nSPS) is 16.7. The fraction of sp³-hybridized carbons (Fsp3) is 0.115. The minimum absolute atomic E-state index is 0.00483. The Morgan fingerprint density at radius 1 is 1.03 bits per heavy atom. The average molecular weight is 488 g/mol. The van der Waals surface area contributed by atoms with Crippen molar-refractivity contribution in [2.24, 2.45) is 0 Å². The molecule has 0 spiro atoms. The van der Waals surface area contributed by atoms with Gasteiger partial charge in [-0.05, 0) is 35.4 Å². The van der Waals surface area contributed by atoms with Crippen molar-refractivity contribution in [3.63, 3.8) is 0 Å². The Balaban J connectivity index is 1.82. The minimum atomic E-state index is -1.09. The number of phenolic OH excluding ortho intramolecular Hbond substituents is 1. The molecule has 1 atom stereocenters. The van der Waals surface area contributed by atoms with E-state index in [-0.39, 0.29) is 29.1 Å². The van der Waals surface area contributed by atoms with Gasteiger partial charge in [-0.25, -0.2) is 4.79 Å². The number of aromatic hydroxyl groups is 1. The van der Waals surface area contributed by atoms with Gasteiger partial charge >= 0.3 is 5.97 Å². The van der Waals surface area contributed by atoms with Crippen molar-refractivity contribution in [1.29, 1.82) is 0 Å². The number of nitrogens with zero attached hydrogens (tertiary/aromatic N) is 2. The second-order valence-electron chi connectivity index (χ2n) is 8.02. The monoisotopic (exact) mass is 488 g/mol. The molecular weight excluding hydrogens is 468 g/mol. The average Bonchev–Trinajstić information content (AvgIpc) is 3.13. The topological polar surface area (TPSA) is 147 Å². The molecule has 1 aliphatic rings. The van der Waals surface area contributed by atoms with Crippen molar-refractivity contribution in [3.8, 4) is 5.75 Å². The molecule has 36 heavy (non-hydrogen) atoms. The van der Waals surface area contributed by atoms with Crippen molar-refractivity contribution in [3.05, 3.63) is 111 Å². The molecule has 1 heterocycles. The molecule has 3 aromatic rings. The van der Waals surface area contributed by atoms with Crippen LogP contribution >= 0.6 is 0 Å². The lowest BCUT2D eigenvalue weighted by atomic mass is 9.95. The Hall–Kier alpha value is -4.99. The first-order valence-electron chi connectivity index (χ1n) is 10.7. The summed E-state index contributed by atoms with van der Waals surface area (Å²) in [5.74, 6) is -3.09. The van der Waals surface area contributed by atoms with Gasteiger partial charge in [0, 0.05) is 24.2 Å². The number of Topliss-reactive ketones (excluding diaryl/α,β-unsaturated/α-hetero) is 1. The highest BCUT2D eigenvalue weighted by molar-refractivity contribution is 6.46. The molecule has 0 bridgehead atoms. The summed E-state index contributed by atoms with van der Waals surface area (Å²) in [5.41, 5.74) is 0.677. The zero-order valence-corrected chi connectivity index (χ0v) is 19.0. The summed E-state index contributed by atoms with van der Waals surface area (Å²) in [4.78, 5) is 49.7. The molecule has 3 aromatic carbocycles. The number of carbonyl (C=O) groups is 3. The fourth-order valence-electron chi connectivity index (χ4n) is 4.07. The van der Waals surface area contributed by atoms with Crippen LogP contribution in [0.1, 0.15) is 33.1 Å². The SMILES string of the molecule is COC(=O)c1ccc(CN2C(=O)C(=O)/C(=C(\O)c3cccc([N+](=O)[O-])c3)C2c2cccc(O)c2)cc1. The van der Waals surface area contributed by atoms with E-state index in [9.17, 15) is 34.7 Å². The van der Waals surface area contributed by atoms with Crippen molar-refractivity contribution in [2.75, 3.05) is 7.11 Å². The standard InChI is InChI=1S/C26H20N2O8/c1-36-26(33)16-10-8-15(9-11-16)14-27-22(17-4-3-7-20(29)13-17)21(24(31)25(27)32)23(30)18-5-2-6-19(12-18)28(34)35/h2-13,22,29-30H,14H2,1H3/b23-21-. The number of ketones is 1. The first-order valence-corrected chi connectivity index (χ1v) is 10.7. The van der Waals surface area contributed by atoms with Crippen LogP contribution in [0.15, 0.2) is 78.4 Å². The van der Waals surface area contributed by atoms with E-state index < -0.39 is 34.4 Å². The summed E-state index contributed by atoms with van der Waals surface area (Å²) in [7, 11) is 1.26. The number of hydrogen-bond donors (Lipinski definition) is 2. The van der Waals surface area contributed by atoms with Crippen LogP contribution < -0.4 is 0 Å².